The second kappa shape index (κ2) is 7.03. The molecule has 1 aliphatic heterocycles. The Hall–Kier alpha value is -3.29. The Balaban J connectivity index is 1.89. The fourth-order valence-electron chi connectivity index (χ4n) is 3.69. The molecule has 0 atom stereocenters. The molecule has 8 nitrogen and oxygen atoms in total. The van der Waals surface area contributed by atoms with Gasteiger partial charge in [-0.3, -0.25) is 13.9 Å². The summed E-state index contributed by atoms with van der Waals surface area (Å²) >= 11 is 0. The van der Waals surface area contributed by atoms with Gasteiger partial charge in [0.1, 0.15) is 5.75 Å². The van der Waals surface area contributed by atoms with Crippen molar-refractivity contribution in [1.29, 1.82) is 0 Å². The smallest absolute Gasteiger partial charge is 0.332 e. The molecule has 4 rings (SSSR count). The van der Waals surface area contributed by atoms with E-state index in [0.717, 1.165) is 24.4 Å². The first-order chi connectivity index (χ1) is 13.6. The second-order valence-electron chi connectivity index (χ2n) is 6.71. The lowest BCUT2D eigenvalue weighted by molar-refractivity contribution is 0.340. The van der Waals surface area contributed by atoms with Gasteiger partial charge >= 0.3 is 5.69 Å². The van der Waals surface area contributed by atoms with Crippen molar-refractivity contribution in [2.45, 2.75) is 26.4 Å². The normalized spacial score (nSPS) is 13.6. The van der Waals surface area contributed by atoms with Gasteiger partial charge in [-0.15, -0.1) is 6.58 Å². The Morgan fingerprint density at radius 3 is 2.64 bits per heavy atom. The summed E-state index contributed by atoms with van der Waals surface area (Å²) in [5, 5.41) is 0. The van der Waals surface area contributed by atoms with Gasteiger partial charge in [0.05, 0.1) is 6.61 Å². The minimum atomic E-state index is -0.388. The molecule has 146 valence electrons. The Morgan fingerprint density at radius 1 is 1.21 bits per heavy atom. The standard InChI is InChI=1S/C20H23N5O3/c1-4-11-25-18(26)16-17(22(3)20(25)27)21-19-23(12-6-13-24(16)19)14-7-9-15(10-8-14)28-5-2/h4,7-10H,1,5-6,11-13H2,2-3H3. The molecular formula is C20H23N5O3. The van der Waals surface area contributed by atoms with Crippen molar-refractivity contribution in [2.24, 2.45) is 7.05 Å². The lowest BCUT2D eigenvalue weighted by Crippen LogP contribution is -2.39. The van der Waals surface area contributed by atoms with Crippen molar-refractivity contribution in [2.75, 3.05) is 18.1 Å². The molecule has 0 spiro atoms. The quantitative estimate of drug-likeness (QED) is 0.632. The van der Waals surface area contributed by atoms with Crippen LogP contribution in [0.25, 0.3) is 11.2 Å². The van der Waals surface area contributed by atoms with E-state index in [2.05, 4.69) is 16.5 Å². The summed E-state index contributed by atoms with van der Waals surface area (Å²) in [6.07, 6.45) is 2.42. The molecule has 1 aromatic carbocycles. The average Bonchev–Trinajstić information content (AvgIpc) is 3.10. The summed E-state index contributed by atoms with van der Waals surface area (Å²) in [7, 11) is 1.64. The SMILES string of the molecule is C=CCn1c(=O)c2c(nc3n2CCCN3c2ccc(OCC)cc2)n(C)c1=O. The zero-order valence-corrected chi connectivity index (χ0v) is 16.1. The van der Waals surface area contributed by atoms with E-state index in [4.69, 9.17) is 4.74 Å². The third-order valence-corrected chi connectivity index (χ3v) is 4.99. The molecule has 1 aliphatic rings. The molecule has 0 bridgehead atoms. The Kier molecular flexibility index (Phi) is 4.54. The first-order valence-corrected chi connectivity index (χ1v) is 9.38. The maximum Gasteiger partial charge on any atom is 0.332 e. The van der Waals surface area contributed by atoms with Crippen LogP contribution >= 0.6 is 0 Å². The van der Waals surface area contributed by atoms with E-state index in [0.29, 0.717) is 30.3 Å². The molecule has 3 heterocycles. The van der Waals surface area contributed by atoms with E-state index < -0.39 is 0 Å². The fourth-order valence-corrected chi connectivity index (χ4v) is 3.69. The number of hydrogen-bond donors (Lipinski definition) is 0. The zero-order valence-electron chi connectivity index (χ0n) is 16.1. The van der Waals surface area contributed by atoms with Crippen LogP contribution in [0.5, 0.6) is 5.75 Å². The van der Waals surface area contributed by atoms with Gasteiger partial charge in [0.25, 0.3) is 5.56 Å². The molecule has 0 fully saturated rings. The number of hydrogen-bond acceptors (Lipinski definition) is 5. The molecule has 0 saturated carbocycles. The minimum Gasteiger partial charge on any atom is -0.494 e. The number of aromatic nitrogens is 4. The highest BCUT2D eigenvalue weighted by molar-refractivity contribution is 5.77. The van der Waals surface area contributed by atoms with Crippen LogP contribution in [0.15, 0.2) is 46.5 Å². The Labute approximate surface area is 161 Å². The van der Waals surface area contributed by atoms with Gasteiger partial charge in [0.2, 0.25) is 5.95 Å². The highest BCUT2D eigenvalue weighted by Crippen LogP contribution is 2.31. The molecule has 2 aromatic heterocycles. The molecule has 8 heteroatoms. The Morgan fingerprint density at radius 2 is 1.96 bits per heavy atom. The number of imidazole rings is 1. The molecule has 0 N–H and O–H groups in total. The summed E-state index contributed by atoms with van der Waals surface area (Å²) in [6.45, 7) is 7.85. The number of nitrogens with zero attached hydrogens (tertiary/aromatic N) is 5. The highest BCUT2D eigenvalue weighted by atomic mass is 16.5. The molecule has 0 radical (unpaired) electrons. The van der Waals surface area contributed by atoms with Crippen molar-refractivity contribution in [3.63, 3.8) is 0 Å². The lowest BCUT2D eigenvalue weighted by Gasteiger charge is -2.29. The first kappa shape index (κ1) is 18.1. The van der Waals surface area contributed by atoms with Crippen LogP contribution in [0, 0.1) is 0 Å². The van der Waals surface area contributed by atoms with Gasteiger partial charge in [0.15, 0.2) is 11.2 Å². The number of allylic oxidation sites excluding steroid dienone is 1. The molecule has 3 aromatic rings. The monoisotopic (exact) mass is 381 g/mol. The average molecular weight is 381 g/mol. The number of anilines is 2. The van der Waals surface area contributed by atoms with Crippen LogP contribution in [0.4, 0.5) is 11.6 Å². The van der Waals surface area contributed by atoms with Crippen molar-refractivity contribution >= 4 is 22.8 Å². The van der Waals surface area contributed by atoms with Crippen LogP contribution in [0.2, 0.25) is 0 Å². The zero-order chi connectivity index (χ0) is 19.8. The maximum absolute atomic E-state index is 13.0. The lowest BCUT2D eigenvalue weighted by atomic mass is 10.2. The van der Waals surface area contributed by atoms with Crippen LogP contribution in [0.1, 0.15) is 13.3 Å². The molecule has 0 saturated heterocycles. The van der Waals surface area contributed by atoms with Gasteiger partial charge in [-0.05, 0) is 37.6 Å². The van der Waals surface area contributed by atoms with Crippen LogP contribution in [0.3, 0.4) is 0 Å². The maximum atomic E-state index is 13.0. The van der Waals surface area contributed by atoms with E-state index in [1.165, 1.54) is 9.13 Å². The molecule has 0 amide bonds. The summed E-state index contributed by atoms with van der Waals surface area (Å²) in [5.74, 6) is 1.49. The van der Waals surface area contributed by atoms with Crippen LogP contribution in [-0.2, 0) is 20.1 Å². The predicted octanol–water partition coefficient (Wildman–Crippen LogP) is 2.02. The van der Waals surface area contributed by atoms with Gasteiger partial charge in [-0.1, -0.05) is 6.08 Å². The van der Waals surface area contributed by atoms with Gasteiger partial charge in [-0.2, -0.15) is 4.98 Å². The number of fused-ring (bicyclic) bond motifs is 3. The largest absolute Gasteiger partial charge is 0.494 e. The van der Waals surface area contributed by atoms with E-state index in [1.54, 1.807) is 13.1 Å². The summed E-state index contributed by atoms with van der Waals surface area (Å²) in [5.41, 5.74) is 1.11. The molecule has 0 aliphatic carbocycles. The molecule has 0 unspecified atom stereocenters. The number of aryl methyl sites for hydroxylation is 2. The number of ether oxygens (including phenoxy) is 1. The summed E-state index contributed by atoms with van der Waals surface area (Å²) < 4.78 is 10.1. The number of benzene rings is 1. The first-order valence-electron chi connectivity index (χ1n) is 9.38. The van der Waals surface area contributed by atoms with Crippen molar-refractivity contribution in [1.82, 2.24) is 18.7 Å². The predicted molar refractivity (Wildman–Crippen MR) is 109 cm³/mol. The van der Waals surface area contributed by atoms with Crippen molar-refractivity contribution < 1.29 is 4.74 Å². The highest BCUT2D eigenvalue weighted by Gasteiger charge is 2.26. The third-order valence-electron chi connectivity index (χ3n) is 4.99. The summed E-state index contributed by atoms with van der Waals surface area (Å²) in [6, 6.07) is 7.81. The molecular weight excluding hydrogens is 358 g/mol. The third kappa shape index (κ3) is 2.72. The fraction of sp³-hybridized carbons (Fsp3) is 0.350. The topological polar surface area (TPSA) is 74.3 Å². The van der Waals surface area contributed by atoms with Crippen LogP contribution < -0.4 is 20.9 Å². The van der Waals surface area contributed by atoms with E-state index in [-0.39, 0.29) is 17.8 Å². The summed E-state index contributed by atoms with van der Waals surface area (Å²) in [4.78, 5) is 32.3. The Bertz CT molecular complexity index is 1150. The van der Waals surface area contributed by atoms with Crippen molar-refractivity contribution in [3.05, 3.63) is 57.8 Å². The van der Waals surface area contributed by atoms with Gasteiger partial charge in [0, 0.05) is 32.4 Å². The van der Waals surface area contributed by atoms with Crippen molar-refractivity contribution in [3.8, 4) is 5.75 Å². The van der Waals surface area contributed by atoms with Crippen LogP contribution in [-0.4, -0.2) is 31.8 Å². The molecule has 28 heavy (non-hydrogen) atoms. The van der Waals surface area contributed by atoms with E-state index in [1.807, 2.05) is 35.8 Å². The van der Waals surface area contributed by atoms with E-state index >= 15 is 0 Å². The minimum absolute atomic E-state index is 0.171. The van der Waals surface area contributed by atoms with Gasteiger partial charge in [-0.25, -0.2) is 4.79 Å². The van der Waals surface area contributed by atoms with Gasteiger partial charge < -0.3 is 14.2 Å². The second-order valence-corrected chi connectivity index (χ2v) is 6.71. The van der Waals surface area contributed by atoms with E-state index in [9.17, 15) is 9.59 Å². The number of rotatable bonds is 5.